The fraction of sp³-hybridized carbons (Fsp3) is 0.364. The number of anilines is 1. The Morgan fingerprint density at radius 2 is 2.06 bits per heavy atom. The normalized spacial score (nSPS) is 14.8. The number of likely N-dealkylation sites (tertiary alicyclic amines) is 1. The molecule has 5 nitrogen and oxygen atoms in total. The number of amides is 2. The zero-order valence-electron chi connectivity index (χ0n) is 9.15. The van der Waals surface area contributed by atoms with E-state index in [0.29, 0.717) is 18.8 Å². The third kappa shape index (κ3) is 2.74. The summed E-state index contributed by atoms with van der Waals surface area (Å²) in [7, 11) is 0. The molecule has 0 radical (unpaired) electrons. The first-order valence-electron chi connectivity index (χ1n) is 5.39. The molecule has 1 saturated heterocycles. The molecule has 2 heterocycles. The van der Waals surface area contributed by atoms with Crippen LogP contribution in [0.5, 0.6) is 0 Å². The van der Waals surface area contributed by atoms with Crippen LogP contribution >= 0.6 is 11.6 Å². The van der Waals surface area contributed by atoms with Gasteiger partial charge in [-0.25, -0.2) is 4.98 Å². The minimum Gasteiger partial charge on any atom is -0.334 e. The number of nitrogens with zero attached hydrogens (tertiary/aromatic N) is 2. The topological polar surface area (TPSA) is 62.3 Å². The average molecular weight is 254 g/mol. The summed E-state index contributed by atoms with van der Waals surface area (Å²) in [6.45, 7) is 1.29. The van der Waals surface area contributed by atoms with E-state index in [-0.39, 0.29) is 5.15 Å². The molecular weight excluding hydrogens is 242 g/mol. The first kappa shape index (κ1) is 11.9. The molecule has 2 amide bonds. The minimum absolute atomic E-state index is 0.176. The Morgan fingerprint density at radius 3 is 2.71 bits per heavy atom. The predicted octanol–water partition coefficient (Wildman–Crippen LogP) is 1.30. The van der Waals surface area contributed by atoms with Crippen LogP contribution in [0.15, 0.2) is 18.3 Å². The zero-order chi connectivity index (χ0) is 12.3. The summed E-state index contributed by atoms with van der Waals surface area (Å²) in [6.07, 6.45) is 3.42. The Labute approximate surface area is 104 Å². The number of aromatic nitrogens is 1. The van der Waals surface area contributed by atoms with Crippen molar-refractivity contribution in [3.63, 3.8) is 0 Å². The summed E-state index contributed by atoms with van der Waals surface area (Å²) in [5.74, 6) is -1.18. The first-order valence-corrected chi connectivity index (χ1v) is 5.77. The number of hydrogen-bond donors (Lipinski definition) is 1. The Balaban J connectivity index is 2.01. The molecule has 0 aliphatic carbocycles. The van der Waals surface area contributed by atoms with Crippen molar-refractivity contribution in [2.24, 2.45) is 0 Å². The number of halogens is 1. The van der Waals surface area contributed by atoms with Gasteiger partial charge in [-0.3, -0.25) is 9.59 Å². The van der Waals surface area contributed by atoms with Crippen molar-refractivity contribution in [3.8, 4) is 0 Å². The highest BCUT2D eigenvalue weighted by atomic mass is 35.5. The Bertz CT molecular complexity index is 444. The van der Waals surface area contributed by atoms with Crippen molar-refractivity contribution in [1.82, 2.24) is 9.88 Å². The van der Waals surface area contributed by atoms with E-state index in [1.54, 1.807) is 17.0 Å². The first-order chi connectivity index (χ1) is 8.18. The molecule has 1 aliphatic rings. The number of hydrogen-bond acceptors (Lipinski definition) is 3. The lowest BCUT2D eigenvalue weighted by molar-refractivity contribution is -0.142. The van der Waals surface area contributed by atoms with Crippen molar-refractivity contribution < 1.29 is 9.59 Å². The number of nitrogens with one attached hydrogen (secondary N) is 1. The number of rotatable bonds is 1. The highest BCUT2D eigenvalue weighted by Crippen LogP contribution is 2.17. The van der Waals surface area contributed by atoms with E-state index in [1.807, 2.05) is 0 Å². The summed E-state index contributed by atoms with van der Waals surface area (Å²) in [4.78, 5) is 28.7. The molecule has 0 spiro atoms. The molecule has 1 aromatic heterocycles. The van der Waals surface area contributed by atoms with E-state index < -0.39 is 11.8 Å². The Morgan fingerprint density at radius 1 is 1.35 bits per heavy atom. The van der Waals surface area contributed by atoms with Gasteiger partial charge in [-0.05, 0) is 25.0 Å². The monoisotopic (exact) mass is 253 g/mol. The van der Waals surface area contributed by atoms with Gasteiger partial charge >= 0.3 is 11.8 Å². The van der Waals surface area contributed by atoms with Gasteiger partial charge in [0.15, 0.2) is 5.15 Å². The molecule has 2 rings (SSSR count). The second-order valence-electron chi connectivity index (χ2n) is 3.80. The van der Waals surface area contributed by atoms with E-state index in [1.165, 1.54) is 6.20 Å². The van der Waals surface area contributed by atoms with Crippen LogP contribution in [-0.4, -0.2) is 34.8 Å². The molecule has 0 aromatic carbocycles. The lowest BCUT2D eigenvalue weighted by Gasteiger charge is -2.14. The highest BCUT2D eigenvalue weighted by Gasteiger charge is 2.24. The van der Waals surface area contributed by atoms with Gasteiger partial charge in [-0.2, -0.15) is 0 Å². The average Bonchev–Trinajstić information content (AvgIpc) is 2.84. The van der Waals surface area contributed by atoms with Crippen LogP contribution in [0.2, 0.25) is 5.15 Å². The van der Waals surface area contributed by atoms with Crippen molar-refractivity contribution in [3.05, 3.63) is 23.5 Å². The Hall–Kier alpha value is -1.62. The van der Waals surface area contributed by atoms with E-state index >= 15 is 0 Å². The number of pyridine rings is 1. The third-order valence-electron chi connectivity index (χ3n) is 2.59. The van der Waals surface area contributed by atoms with Gasteiger partial charge in [0.2, 0.25) is 0 Å². The van der Waals surface area contributed by atoms with Crippen molar-refractivity contribution in [1.29, 1.82) is 0 Å². The molecule has 1 fully saturated rings. The van der Waals surface area contributed by atoms with Crippen LogP contribution in [-0.2, 0) is 9.59 Å². The molecule has 0 atom stereocenters. The number of carbonyl (C=O) groups excluding carboxylic acids is 2. The SMILES string of the molecule is O=C(Nc1cccnc1Cl)C(=O)N1CCCC1. The quantitative estimate of drug-likeness (QED) is 0.606. The van der Waals surface area contributed by atoms with Crippen LogP contribution in [0.4, 0.5) is 5.69 Å². The van der Waals surface area contributed by atoms with Gasteiger partial charge in [-0.1, -0.05) is 11.6 Å². The maximum absolute atomic E-state index is 11.7. The Kier molecular flexibility index (Phi) is 3.58. The van der Waals surface area contributed by atoms with Crippen molar-refractivity contribution >= 4 is 29.1 Å². The fourth-order valence-electron chi connectivity index (χ4n) is 1.72. The molecule has 0 saturated carbocycles. The molecule has 0 unspecified atom stereocenters. The van der Waals surface area contributed by atoms with Gasteiger partial charge in [-0.15, -0.1) is 0 Å². The zero-order valence-corrected chi connectivity index (χ0v) is 9.91. The van der Waals surface area contributed by atoms with Crippen molar-refractivity contribution in [2.45, 2.75) is 12.8 Å². The lowest BCUT2D eigenvalue weighted by Crippen LogP contribution is -2.37. The van der Waals surface area contributed by atoms with Crippen LogP contribution in [0.1, 0.15) is 12.8 Å². The minimum atomic E-state index is -0.665. The molecule has 1 aromatic rings. The van der Waals surface area contributed by atoms with Gasteiger partial charge in [0.25, 0.3) is 0 Å². The van der Waals surface area contributed by atoms with Crippen LogP contribution in [0.25, 0.3) is 0 Å². The molecule has 90 valence electrons. The van der Waals surface area contributed by atoms with Crippen LogP contribution in [0.3, 0.4) is 0 Å². The lowest BCUT2D eigenvalue weighted by atomic mass is 10.4. The van der Waals surface area contributed by atoms with Gasteiger partial charge in [0.05, 0.1) is 5.69 Å². The molecular formula is C11H12ClN3O2. The molecule has 0 bridgehead atoms. The summed E-state index contributed by atoms with van der Waals surface area (Å²) in [6, 6.07) is 3.24. The fourth-order valence-corrected chi connectivity index (χ4v) is 1.89. The molecule has 17 heavy (non-hydrogen) atoms. The third-order valence-corrected chi connectivity index (χ3v) is 2.90. The van der Waals surface area contributed by atoms with E-state index in [2.05, 4.69) is 10.3 Å². The van der Waals surface area contributed by atoms with E-state index in [9.17, 15) is 9.59 Å². The maximum atomic E-state index is 11.7. The molecule has 1 aliphatic heterocycles. The second-order valence-corrected chi connectivity index (χ2v) is 4.15. The number of carbonyl (C=O) groups is 2. The van der Waals surface area contributed by atoms with Gasteiger partial charge in [0.1, 0.15) is 0 Å². The molecule has 1 N–H and O–H groups in total. The van der Waals surface area contributed by atoms with Crippen LogP contribution in [0, 0.1) is 0 Å². The van der Waals surface area contributed by atoms with Crippen LogP contribution < -0.4 is 5.32 Å². The maximum Gasteiger partial charge on any atom is 0.313 e. The molecule has 6 heteroatoms. The smallest absolute Gasteiger partial charge is 0.313 e. The predicted molar refractivity (Wildman–Crippen MR) is 63.7 cm³/mol. The summed E-state index contributed by atoms with van der Waals surface area (Å²) >= 11 is 5.78. The van der Waals surface area contributed by atoms with E-state index in [4.69, 9.17) is 11.6 Å². The highest BCUT2D eigenvalue weighted by molar-refractivity contribution is 6.41. The van der Waals surface area contributed by atoms with E-state index in [0.717, 1.165) is 12.8 Å². The summed E-state index contributed by atoms with van der Waals surface area (Å²) in [5, 5.41) is 2.64. The van der Waals surface area contributed by atoms with Gasteiger partial charge < -0.3 is 10.2 Å². The largest absolute Gasteiger partial charge is 0.334 e. The summed E-state index contributed by atoms with van der Waals surface area (Å²) < 4.78 is 0. The van der Waals surface area contributed by atoms with Gasteiger partial charge in [0, 0.05) is 19.3 Å². The standard InChI is InChI=1S/C11H12ClN3O2/c12-9-8(4-3-5-13-9)14-10(16)11(17)15-6-1-2-7-15/h3-5H,1-2,6-7H2,(H,14,16). The second kappa shape index (κ2) is 5.14. The summed E-state index contributed by atoms with van der Waals surface area (Å²) in [5.41, 5.74) is 0.353. The van der Waals surface area contributed by atoms with Crippen molar-refractivity contribution in [2.75, 3.05) is 18.4 Å².